The average molecular weight is 526 g/mol. The summed E-state index contributed by atoms with van der Waals surface area (Å²) in [6.45, 7) is 5.58. The highest BCUT2D eigenvalue weighted by Gasteiger charge is 2.23. The van der Waals surface area contributed by atoms with Gasteiger partial charge in [0.1, 0.15) is 23.4 Å². The maximum absolute atomic E-state index is 5.90. The number of aliphatic imine (C=N–C) groups is 1. The van der Waals surface area contributed by atoms with E-state index in [4.69, 9.17) is 9.47 Å². The van der Waals surface area contributed by atoms with E-state index in [0.29, 0.717) is 6.54 Å². The average Bonchev–Trinajstić information content (AvgIpc) is 3.31. The summed E-state index contributed by atoms with van der Waals surface area (Å²) < 4.78 is 13.5. The van der Waals surface area contributed by atoms with Crippen molar-refractivity contribution in [2.45, 2.75) is 64.8 Å². The summed E-state index contributed by atoms with van der Waals surface area (Å²) in [5.41, 5.74) is 2.26. The molecule has 2 aromatic rings. The summed E-state index contributed by atoms with van der Waals surface area (Å²) in [4.78, 5) is 8.98. The lowest BCUT2D eigenvalue weighted by atomic mass is 10.1. The number of rotatable bonds is 5. The highest BCUT2D eigenvalue weighted by Crippen LogP contribution is 2.34. The molecule has 2 aliphatic rings. The third-order valence-corrected chi connectivity index (χ3v) is 5.53. The lowest BCUT2D eigenvalue weighted by molar-refractivity contribution is 0.254. The van der Waals surface area contributed by atoms with Crippen molar-refractivity contribution in [3.05, 3.63) is 34.9 Å². The zero-order valence-electron chi connectivity index (χ0n) is 18.1. The van der Waals surface area contributed by atoms with Crippen molar-refractivity contribution in [3.8, 4) is 11.5 Å². The molecule has 8 nitrogen and oxygen atoms in total. The summed E-state index contributed by atoms with van der Waals surface area (Å²) in [7, 11) is 3.50. The fourth-order valence-electron chi connectivity index (χ4n) is 4.00. The van der Waals surface area contributed by atoms with E-state index in [1.807, 2.05) is 4.68 Å². The SMILES string of the molecule is CCc1nc2n(n1)CC(NC(=NC)NCc1cc3c(cc1OC)CC(C)O3)CC2.I. The van der Waals surface area contributed by atoms with Crippen LogP contribution < -0.4 is 20.1 Å². The first kappa shape index (κ1) is 22.6. The number of aromatic nitrogens is 3. The van der Waals surface area contributed by atoms with Gasteiger partial charge in [0.05, 0.1) is 13.7 Å². The second-order valence-electron chi connectivity index (χ2n) is 7.69. The third kappa shape index (κ3) is 4.81. The molecule has 0 saturated carbocycles. The van der Waals surface area contributed by atoms with Gasteiger partial charge in [0.15, 0.2) is 11.8 Å². The fourth-order valence-corrected chi connectivity index (χ4v) is 4.00. The predicted molar refractivity (Wildman–Crippen MR) is 127 cm³/mol. The molecule has 30 heavy (non-hydrogen) atoms. The molecule has 3 heterocycles. The van der Waals surface area contributed by atoms with Gasteiger partial charge in [-0.25, -0.2) is 9.67 Å². The minimum absolute atomic E-state index is 0. The van der Waals surface area contributed by atoms with Gasteiger partial charge < -0.3 is 20.1 Å². The molecule has 2 N–H and O–H groups in total. The molecule has 0 bridgehead atoms. The van der Waals surface area contributed by atoms with Crippen molar-refractivity contribution in [3.63, 3.8) is 0 Å². The summed E-state index contributed by atoms with van der Waals surface area (Å²) in [5, 5.41) is 11.5. The Kier molecular flexibility index (Phi) is 7.43. The second kappa shape index (κ2) is 9.84. The van der Waals surface area contributed by atoms with Crippen LogP contribution in [-0.4, -0.2) is 47.0 Å². The minimum Gasteiger partial charge on any atom is -0.496 e. The van der Waals surface area contributed by atoms with Crippen LogP contribution in [0.3, 0.4) is 0 Å². The number of nitrogens with zero attached hydrogens (tertiary/aromatic N) is 4. The van der Waals surface area contributed by atoms with E-state index in [0.717, 1.165) is 66.9 Å². The molecular formula is C21H31IN6O2. The topological polar surface area (TPSA) is 85.6 Å². The van der Waals surface area contributed by atoms with E-state index in [1.165, 1.54) is 5.56 Å². The van der Waals surface area contributed by atoms with Crippen molar-refractivity contribution in [1.29, 1.82) is 0 Å². The number of aryl methyl sites for hydroxylation is 2. The van der Waals surface area contributed by atoms with Crippen molar-refractivity contribution < 1.29 is 9.47 Å². The lowest BCUT2D eigenvalue weighted by Gasteiger charge is -2.25. The van der Waals surface area contributed by atoms with Crippen LogP contribution in [0.15, 0.2) is 17.1 Å². The molecular weight excluding hydrogens is 495 g/mol. The largest absolute Gasteiger partial charge is 0.496 e. The first-order chi connectivity index (χ1) is 14.1. The van der Waals surface area contributed by atoms with Crippen molar-refractivity contribution in [2.75, 3.05) is 14.2 Å². The number of halogens is 1. The molecule has 164 valence electrons. The van der Waals surface area contributed by atoms with E-state index < -0.39 is 0 Å². The van der Waals surface area contributed by atoms with Gasteiger partial charge in [-0.05, 0) is 25.5 Å². The smallest absolute Gasteiger partial charge is 0.191 e. The summed E-state index contributed by atoms with van der Waals surface area (Å²) in [5.74, 6) is 4.60. The standard InChI is InChI=1S/C21H30N6O2.HI/c1-5-19-25-20-7-6-16(12-27(20)26-19)24-21(22-3)23-11-15-10-18-14(8-13(2)29-18)9-17(15)28-4;/h9-10,13,16H,5-8,11-12H2,1-4H3,(H2,22,23,24);1H. The van der Waals surface area contributed by atoms with Gasteiger partial charge in [0.2, 0.25) is 0 Å². The first-order valence-electron chi connectivity index (χ1n) is 10.4. The summed E-state index contributed by atoms with van der Waals surface area (Å²) in [6.07, 6.45) is 3.95. The lowest BCUT2D eigenvalue weighted by Crippen LogP contribution is -2.46. The Morgan fingerprint density at radius 3 is 2.97 bits per heavy atom. The van der Waals surface area contributed by atoms with Gasteiger partial charge in [-0.2, -0.15) is 5.10 Å². The van der Waals surface area contributed by atoms with Gasteiger partial charge in [-0.3, -0.25) is 4.99 Å². The monoisotopic (exact) mass is 526 g/mol. The molecule has 4 rings (SSSR count). The fraction of sp³-hybridized carbons (Fsp3) is 0.571. The number of fused-ring (bicyclic) bond motifs is 2. The van der Waals surface area contributed by atoms with Crippen LogP contribution in [0.4, 0.5) is 0 Å². The molecule has 2 unspecified atom stereocenters. The molecule has 0 radical (unpaired) electrons. The van der Waals surface area contributed by atoms with Crippen LogP contribution >= 0.6 is 24.0 Å². The zero-order chi connectivity index (χ0) is 20.4. The number of ether oxygens (including phenoxy) is 2. The number of guanidine groups is 1. The van der Waals surface area contributed by atoms with E-state index in [9.17, 15) is 0 Å². The number of nitrogens with one attached hydrogen (secondary N) is 2. The van der Waals surface area contributed by atoms with Crippen LogP contribution in [-0.2, 0) is 32.4 Å². The molecule has 1 aromatic heterocycles. The third-order valence-electron chi connectivity index (χ3n) is 5.53. The molecule has 0 spiro atoms. The van der Waals surface area contributed by atoms with E-state index in [1.54, 1.807) is 14.2 Å². The highest BCUT2D eigenvalue weighted by atomic mass is 127. The number of methoxy groups -OCH3 is 1. The molecule has 2 aliphatic heterocycles. The van der Waals surface area contributed by atoms with Crippen molar-refractivity contribution in [2.24, 2.45) is 4.99 Å². The summed E-state index contributed by atoms with van der Waals surface area (Å²) >= 11 is 0. The predicted octanol–water partition coefficient (Wildman–Crippen LogP) is 2.47. The summed E-state index contributed by atoms with van der Waals surface area (Å²) in [6, 6.07) is 4.43. The van der Waals surface area contributed by atoms with Crippen molar-refractivity contribution >= 4 is 29.9 Å². The van der Waals surface area contributed by atoms with Gasteiger partial charge in [0.25, 0.3) is 0 Å². The van der Waals surface area contributed by atoms with Crippen LogP contribution in [0.2, 0.25) is 0 Å². The van der Waals surface area contributed by atoms with Crippen molar-refractivity contribution in [1.82, 2.24) is 25.4 Å². The number of benzene rings is 1. The Bertz CT molecular complexity index is 913. The second-order valence-corrected chi connectivity index (χ2v) is 7.69. The van der Waals surface area contributed by atoms with Gasteiger partial charge >= 0.3 is 0 Å². The maximum Gasteiger partial charge on any atom is 0.191 e. The Labute approximate surface area is 194 Å². The van der Waals surface area contributed by atoms with E-state index in [2.05, 4.69) is 51.7 Å². The van der Waals surface area contributed by atoms with Crippen LogP contribution in [0.5, 0.6) is 11.5 Å². The molecule has 2 atom stereocenters. The molecule has 9 heteroatoms. The Balaban J connectivity index is 0.00000256. The van der Waals surface area contributed by atoms with E-state index >= 15 is 0 Å². The van der Waals surface area contributed by atoms with Gasteiger partial charge in [0, 0.05) is 50.0 Å². The Hall–Kier alpha value is -2.04. The number of hydrogen-bond acceptors (Lipinski definition) is 5. The van der Waals surface area contributed by atoms with Crippen LogP contribution in [0, 0.1) is 0 Å². The molecule has 0 fully saturated rings. The molecule has 1 aromatic carbocycles. The Morgan fingerprint density at radius 1 is 1.40 bits per heavy atom. The molecule has 0 saturated heterocycles. The molecule has 0 amide bonds. The van der Waals surface area contributed by atoms with Gasteiger partial charge in [-0.15, -0.1) is 24.0 Å². The van der Waals surface area contributed by atoms with Gasteiger partial charge in [-0.1, -0.05) is 6.92 Å². The molecule has 0 aliphatic carbocycles. The Morgan fingerprint density at radius 2 is 2.23 bits per heavy atom. The van der Waals surface area contributed by atoms with Crippen LogP contribution in [0.25, 0.3) is 0 Å². The number of hydrogen-bond donors (Lipinski definition) is 2. The first-order valence-corrected chi connectivity index (χ1v) is 10.4. The minimum atomic E-state index is 0. The van der Waals surface area contributed by atoms with E-state index in [-0.39, 0.29) is 36.1 Å². The quantitative estimate of drug-likeness (QED) is 0.354. The normalized spacial score (nSPS) is 19.9. The maximum atomic E-state index is 5.90. The zero-order valence-corrected chi connectivity index (χ0v) is 20.4. The highest BCUT2D eigenvalue weighted by molar-refractivity contribution is 14.0. The van der Waals surface area contributed by atoms with Crippen LogP contribution in [0.1, 0.15) is 43.0 Å².